The molecule has 19 heavy (non-hydrogen) atoms. The predicted octanol–water partition coefficient (Wildman–Crippen LogP) is 3.54. The molecular formula is C13H17Cl2FN2O. The molecule has 1 atom stereocenters. The molecule has 0 saturated heterocycles. The highest BCUT2D eigenvalue weighted by Crippen LogP contribution is 2.27. The van der Waals surface area contributed by atoms with Crippen LogP contribution in [0.3, 0.4) is 0 Å². The van der Waals surface area contributed by atoms with Crippen molar-refractivity contribution in [2.75, 3.05) is 13.6 Å². The molecular weight excluding hydrogens is 290 g/mol. The highest BCUT2D eigenvalue weighted by atomic mass is 35.5. The van der Waals surface area contributed by atoms with E-state index in [-0.39, 0.29) is 29.1 Å². The van der Waals surface area contributed by atoms with Gasteiger partial charge in [0.05, 0.1) is 16.7 Å². The zero-order valence-corrected chi connectivity index (χ0v) is 12.4. The molecule has 1 aromatic carbocycles. The van der Waals surface area contributed by atoms with Crippen molar-refractivity contribution in [2.24, 2.45) is 0 Å². The van der Waals surface area contributed by atoms with Crippen LogP contribution in [0.5, 0.6) is 5.75 Å². The molecule has 1 rings (SSSR count). The first-order chi connectivity index (χ1) is 8.62. The molecule has 0 aliphatic heterocycles. The molecule has 0 aromatic heterocycles. The molecule has 0 radical (unpaired) electrons. The predicted molar refractivity (Wildman–Crippen MR) is 76.6 cm³/mol. The molecule has 1 N–H and O–H groups in total. The Balaban J connectivity index is 0.00000324. The topological polar surface area (TPSA) is 45.0 Å². The van der Waals surface area contributed by atoms with E-state index in [2.05, 4.69) is 5.32 Å². The smallest absolute Gasteiger partial charge is 0.143 e. The van der Waals surface area contributed by atoms with Crippen molar-refractivity contribution >= 4 is 24.0 Å². The average molecular weight is 307 g/mol. The van der Waals surface area contributed by atoms with E-state index in [0.29, 0.717) is 5.75 Å². The molecule has 6 heteroatoms. The normalized spacial score (nSPS) is 11.3. The van der Waals surface area contributed by atoms with Gasteiger partial charge in [-0.25, -0.2) is 4.39 Å². The molecule has 0 aliphatic carbocycles. The molecule has 0 bridgehead atoms. The number of nitriles is 1. The second kappa shape index (κ2) is 8.98. The minimum atomic E-state index is -0.608. The Morgan fingerprint density at radius 1 is 1.53 bits per heavy atom. The Morgan fingerprint density at radius 3 is 2.74 bits per heavy atom. The zero-order chi connectivity index (χ0) is 13.5. The Labute approximate surface area is 124 Å². The Morgan fingerprint density at radius 2 is 2.21 bits per heavy atom. The van der Waals surface area contributed by atoms with Gasteiger partial charge in [0.15, 0.2) is 0 Å². The largest absolute Gasteiger partial charge is 0.489 e. The van der Waals surface area contributed by atoms with Crippen molar-refractivity contribution < 1.29 is 9.13 Å². The minimum Gasteiger partial charge on any atom is -0.489 e. The van der Waals surface area contributed by atoms with Gasteiger partial charge in [-0.1, -0.05) is 18.5 Å². The summed E-state index contributed by atoms with van der Waals surface area (Å²) in [6.45, 7) is 2.81. The van der Waals surface area contributed by atoms with E-state index in [1.807, 2.05) is 20.0 Å². The van der Waals surface area contributed by atoms with Gasteiger partial charge in [-0.3, -0.25) is 0 Å². The van der Waals surface area contributed by atoms with Crippen LogP contribution in [0, 0.1) is 17.1 Å². The second-order valence-electron chi connectivity index (χ2n) is 3.91. The van der Waals surface area contributed by atoms with Crippen molar-refractivity contribution in [1.82, 2.24) is 5.32 Å². The fourth-order valence-corrected chi connectivity index (χ4v) is 1.70. The van der Waals surface area contributed by atoms with Crippen molar-refractivity contribution in [1.29, 1.82) is 5.26 Å². The molecule has 0 aliphatic rings. The molecule has 1 unspecified atom stereocenters. The molecule has 106 valence electrons. The quantitative estimate of drug-likeness (QED) is 0.874. The summed E-state index contributed by atoms with van der Waals surface area (Å²) in [4.78, 5) is 0. The first-order valence-corrected chi connectivity index (χ1v) is 6.20. The van der Waals surface area contributed by atoms with E-state index >= 15 is 0 Å². The van der Waals surface area contributed by atoms with Crippen LogP contribution in [-0.4, -0.2) is 19.7 Å². The number of rotatable bonds is 6. The fraction of sp³-hybridized carbons (Fsp3) is 0.462. The third kappa shape index (κ3) is 5.23. The molecule has 0 fully saturated rings. The number of halogens is 3. The van der Waals surface area contributed by atoms with E-state index in [4.69, 9.17) is 21.6 Å². The lowest BCUT2D eigenvalue weighted by molar-refractivity contribution is 0.186. The van der Waals surface area contributed by atoms with Gasteiger partial charge in [0.1, 0.15) is 17.6 Å². The summed E-state index contributed by atoms with van der Waals surface area (Å²) >= 11 is 5.70. The lowest BCUT2D eigenvalue weighted by Gasteiger charge is -2.18. The monoisotopic (exact) mass is 306 g/mol. The third-order valence-corrected chi connectivity index (χ3v) is 2.90. The Kier molecular flexibility index (Phi) is 8.49. The van der Waals surface area contributed by atoms with Gasteiger partial charge >= 0.3 is 0 Å². The molecule has 0 amide bonds. The van der Waals surface area contributed by atoms with Crippen LogP contribution < -0.4 is 10.1 Å². The highest BCUT2D eigenvalue weighted by Gasteiger charge is 2.14. The van der Waals surface area contributed by atoms with Crippen LogP contribution in [0.15, 0.2) is 12.1 Å². The van der Waals surface area contributed by atoms with E-state index in [1.54, 1.807) is 0 Å². The van der Waals surface area contributed by atoms with Crippen LogP contribution in [0.4, 0.5) is 4.39 Å². The average Bonchev–Trinajstić information content (AvgIpc) is 2.38. The maximum Gasteiger partial charge on any atom is 0.143 e. The van der Waals surface area contributed by atoms with E-state index in [9.17, 15) is 4.39 Å². The first-order valence-electron chi connectivity index (χ1n) is 5.82. The molecule has 1 aromatic rings. The number of hydrogen-bond donors (Lipinski definition) is 1. The molecule has 0 saturated carbocycles. The van der Waals surface area contributed by atoms with Crippen LogP contribution >= 0.6 is 24.0 Å². The van der Waals surface area contributed by atoms with E-state index in [1.165, 1.54) is 6.07 Å². The van der Waals surface area contributed by atoms with Gasteiger partial charge in [-0.2, -0.15) is 5.26 Å². The minimum absolute atomic E-state index is 0. The van der Waals surface area contributed by atoms with Gasteiger partial charge in [-0.15, -0.1) is 12.4 Å². The van der Waals surface area contributed by atoms with Crippen LogP contribution in [0.2, 0.25) is 5.02 Å². The number of nitrogens with one attached hydrogen (secondary N) is 1. The summed E-state index contributed by atoms with van der Waals surface area (Å²) in [6.07, 6.45) is 1.60. The number of ether oxygens (including phenoxy) is 1. The van der Waals surface area contributed by atoms with Gasteiger partial charge < -0.3 is 10.1 Å². The second-order valence-corrected chi connectivity index (χ2v) is 4.32. The van der Waals surface area contributed by atoms with Crippen molar-refractivity contribution in [3.8, 4) is 11.8 Å². The number of benzene rings is 1. The van der Waals surface area contributed by atoms with Gasteiger partial charge in [0.2, 0.25) is 0 Å². The van der Waals surface area contributed by atoms with Crippen LogP contribution in [0.1, 0.15) is 25.3 Å². The van der Waals surface area contributed by atoms with Crippen molar-refractivity contribution in [2.45, 2.75) is 25.9 Å². The van der Waals surface area contributed by atoms with Crippen LogP contribution in [-0.2, 0) is 0 Å². The van der Waals surface area contributed by atoms with Crippen molar-refractivity contribution in [3.05, 3.63) is 28.5 Å². The summed E-state index contributed by atoms with van der Waals surface area (Å²) in [5.74, 6) is -0.268. The maximum absolute atomic E-state index is 13.2. The zero-order valence-electron chi connectivity index (χ0n) is 10.9. The van der Waals surface area contributed by atoms with E-state index in [0.717, 1.165) is 25.5 Å². The van der Waals surface area contributed by atoms with Crippen LogP contribution in [0.25, 0.3) is 0 Å². The highest BCUT2D eigenvalue weighted by molar-refractivity contribution is 6.30. The fourth-order valence-electron chi connectivity index (χ4n) is 1.54. The summed E-state index contributed by atoms with van der Waals surface area (Å²) in [7, 11) is 1.86. The lowest BCUT2D eigenvalue weighted by Crippen LogP contribution is -2.22. The summed E-state index contributed by atoms with van der Waals surface area (Å²) in [5.41, 5.74) is 0.166. The Hall–Kier alpha value is -1.02. The van der Waals surface area contributed by atoms with Gasteiger partial charge in [0, 0.05) is 6.07 Å². The number of nitrogens with zero attached hydrogens (tertiary/aromatic N) is 1. The van der Waals surface area contributed by atoms with Gasteiger partial charge in [-0.05, 0) is 32.5 Å². The summed E-state index contributed by atoms with van der Waals surface area (Å²) < 4.78 is 18.9. The lowest BCUT2D eigenvalue weighted by atomic mass is 10.1. The molecule has 0 heterocycles. The Bertz CT molecular complexity index is 449. The molecule has 0 spiro atoms. The summed E-state index contributed by atoms with van der Waals surface area (Å²) in [6, 6.07) is 4.37. The number of hydrogen-bond acceptors (Lipinski definition) is 3. The summed E-state index contributed by atoms with van der Waals surface area (Å²) in [5, 5.41) is 11.9. The maximum atomic E-state index is 13.2. The SMILES string of the molecule is CCC(CCNC)Oc1cc(Cl)c(F)cc1C#N.Cl. The molecule has 3 nitrogen and oxygen atoms in total. The van der Waals surface area contributed by atoms with E-state index < -0.39 is 5.82 Å². The third-order valence-electron chi connectivity index (χ3n) is 2.61. The van der Waals surface area contributed by atoms with Crippen molar-refractivity contribution in [3.63, 3.8) is 0 Å². The standard InChI is InChI=1S/C13H16ClFN2O.ClH/c1-3-10(4-5-17-2)18-13-7-11(14)12(15)6-9(13)8-16;/h6-7,10,17H,3-5H2,1-2H3;1H. The first kappa shape index (κ1) is 18.0. The van der Waals surface area contributed by atoms with Gasteiger partial charge in [0.25, 0.3) is 0 Å².